The minimum absolute atomic E-state index is 0.00538. The highest BCUT2D eigenvalue weighted by molar-refractivity contribution is 7.91. The third kappa shape index (κ3) is 3.98. The number of carbonyl (C=O) groups is 1. The van der Waals surface area contributed by atoms with E-state index >= 15 is 0 Å². The van der Waals surface area contributed by atoms with Crippen LogP contribution >= 0.6 is 0 Å². The number of aliphatic hydroxyl groups is 1. The molecule has 1 aromatic heterocycles. The number of benzene rings is 3. The summed E-state index contributed by atoms with van der Waals surface area (Å²) in [5, 5.41) is 30.1. The fraction of sp³-hybridized carbons (Fsp3) is 0.143. The summed E-state index contributed by atoms with van der Waals surface area (Å²) in [6.45, 7) is 2.16. The second-order valence-electron chi connectivity index (χ2n) is 8.97. The van der Waals surface area contributed by atoms with E-state index in [2.05, 4.69) is 10.2 Å². The first-order valence-corrected chi connectivity index (χ1v) is 13.6. The number of hydrogen-bond donors (Lipinski definition) is 1. The molecule has 194 valence electrons. The van der Waals surface area contributed by atoms with Crippen LogP contribution < -0.4 is 4.90 Å². The van der Waals surface area contributed by atoms with E-state index in [1.54, 1.807) is 16.7 Å². The zero-order valence-electron chi connectivity index (χ0n) is 20.5. The van der Waals surface area contributed by atoms with Gasteiger partial charge in [-0.05, 0) is 36.4 Å². The van der Waals surface area contributed by atoms with Crippen LogP contribution in [0.3, 0.4) is 0 Å². The molecule has 4 aromatic rings. The van der Waals surface area contributed by atoms with Crippen LogP contribution in [0.2, 0.25) is 0 Å². The Balaban J connectivity index is 1.51. The lowest BCUT2D eigenvalue weighted by molar-refractivity contribution is 0.103. The predicted octanol–water partition coefficient (Wildman–Crippen LogP) is 3.43. The fourth-order valence-corrected chi connectivity index (χ4v) is 6.48. The summed E-state index contributed by atoms with van der Waals surface area (Å²) in [7, 11) is -4.04. The van der Waals surface area contributed by atoms with Crippen molar-refractivity contribution in [2.24, 2.45) is 0 Å². The molecule has 0 aliphatic carbocycles. The maximum atomic E-state index is 13.4. The number of ether oxygens (including phenoxy) is 1. The molecule has 11 heteroatoms. The predicted molar refractivity (Wildman–Crippen MR) is 141 cm³/mol. The van der Waals surface area contributed by atoms with Crippen molar-refractivity contribution in [3.63, 3.8) is 0 Å². The molecule has 2 aliphatic heterocycles. The molecule has 0 spiro atoms. The molecule has 0 unspecified atom stereocenters. The van der Waals surface area contributed by atoms with Gasteiger partial charge in [0.25, 0.3) is 0 Å². The Hall–Kier alpha value is -4.79. The van der Waals surface area contributed by atoms with E-state index in [4.69, 9.17) is 4.74 Å². The number of sulfone groups is 1. The Labute approximate surface area is 223 Å². The molecule has 1 saturated heterocycles. The number of nitriles is 1. The monoisotopic (exact) mass is 539 g/mol. The van der Waals surface area contributed by atoms with E-state index in [0.717, 1.165) is 0 Å². The Kier molecular flexibility index (Phi) is 5.98. The van der Waals surface area contributed by atoms with E-state index in [0.29, 0.717) is 37.9 Å². The van der Waals surface area contributed by atoms with Crippen LogP contribution in [-0.2, 0) is 14.6 Å². The van der Waals surface area contributed by atoms with Gasteiger partial charge in [0.1, 0.15) is 17.4 Å². The topological polar surface area (TPSA) is 138 Å². The summed E-state index contributed by atoms with van der Waals surface area (Å²) in [6, 6.07) is 21.2. The van der Waals surface area contributed by atoms with Gasteiger partial charge in [0.15, 0.2) is 11.6 Å². The Bertz CT molecular complexity index is 1800. The number of rotatable bonds is 4. The molecule has 3 aromatic carbocycles. The van der Waals surface area contributed by atoms with Gasteiger partial charge < -0.3 is 14.7 Å². The molecule has 0 saturated carbocycles. The van der Waals surface area contributed by atoms with Crippen LogP contribution in [0.15, 0.2) is 82.6 Å². The molecule has 0 radical (unpaired) electrons. The lowest BCUT2D eigenvalue weighted by Crippen LogP contribution is -2.38. The van der Waals surface area contributed by atoms with Crippen molar-refractivity contribution < 1.29 is 23.1 Å². The second-order valence-corrected chi connectivity index (χ2v) is 10.9. The highest BCUT2D eigenvalue weighted by atomic mass is 32.2. The third-order valence-corrected chi connectivity index (χ3v) is 8.59. The van der Waals surface area contributed by atoms with Gasteiger partial charge in [-0.2, -0.15) is 5.26 Å². The minimum Gasteiger partial charge on any atom is -0.506 e. The highest BCUT2D eigenvalue weighted by Crippen LogP contribution is 2.37. The van der Waals surface area contributed by atoms with Gasteiger partial charge in [-0.15, -0.1) is 10.2 Å². The number of carbonyl (C=O) groups excluding carboxylic acids is 1. The summed E-state index contributed by atoms with van der Waals surface area (Å²) < 4.78 is 33.9. The van der Waals surface area contributed by atoms with Crippen molar-refractivity contribution in [2.75, 3.05) is 31.2 Å². The SMILES string of the molecule is N#C/C(=C(/O)c1ccc2c(c1)S(=O)(=O)c1ccccc1C2=O)c1nnc(N2CCOCC2)n1-c1ccccc1. The average Bonchev–Trinajstić information content (AvgIpc) is 3.42. The van der Waals surface area contributed by atoms with Crippen LogP contribution in [0.5, 0.6) is 0 Å². The van der Waals surface area contributed by atoms with E-state index in [9.17, 15) is 23.6 Å². The lowest BCUT2D eigenvalue weighted by atomic mass is 9.99. The second kappa shape index (κ2) is 9.50. The summed E-state index contributed by atoms with van der Waals surface area (Å²) in [4.78, 5) is 14.7. The highest BCUT2D eigenvalue weighted by Gasteiger charge is 2.35. The fourth-order valence-electron chi connectivity index (χ4n) is 4.81. The first-order chi connectivity index (χ1) is 18.9. The summed E-state index contributed by atoms with van der Waals surface area (Å²) in [5.74, 6) is -0.343. The van der Waals surface area contributed by atoms with E-state index in [-0.39, 0.29) is 37.9 Å². The molecule has 6 rings (SSSR count). The molecule has 1 fully saturated rings. The summed E-state index contributed by atoms with van der Waals surface area (Å²) in [5.41, 5.74) is 0.629. The lowest BCUT2D eigenvalue weighted by Gasteiger charge is -2.28. The van der Waals surface area contributed by atoms with Gasteiger partial charge >= 0.3 is 0 Å². The van der Waals surface area contributed by atoms with Gasteiger partial charge in [0, 0.05) is 29.8 Å². The third-order valence-electron chi connectivity index (χ3n) is 6.74. The maximum absolute atomic E-state index is 13.4. The van der Waals surface area contributed by atoms with Gasteiger partial charge in [-0.25, -0.2) is 8.42 Å². The van der Waals surface area contributed by atoms with Crippen molar-refractivity contribution in [3.05, 3.63) is 95.3 Å². The number of ketones is 1. The van der Waals surface area contributed by atoms with Crippen molar-refractivity contribution in [3.8, 4) is 11.8 Å². The van der Waals surface area contributed by atoms with Crippen LogP contribution in [0.25, 0.3) is 17.0 Å². The summed E-state index contributed by atoms with van der Waals surface area (Å²) in [6.07, 6.45) is 0. The number of fused-ring (bicyclic) bond motifs is 2. The minimum atomic E-state index is -4.04. The average molecular weight is 540 g/mol. The molecule has 0 amide bonds. The van der Waals surface area contributed by atoms with Crippen LogP contribution in [0.4, 0.5) is 5.95 Å². The van der Waals surface area contributed by atoms with E-state index < -0.39 is 21.4 Å². The zero-order valence-corrected chi connectivity index (χ0v) is 21.3. The zero-order chi connectivity index (χ0) is 27.1. The Morgan fingerprint density at radius 3 is 2.36 bits per heavy atom. The normalized spacial score (nSPS) is 16.6. The van der Waals surface area contributed by atoms with Gasteiger partial charge in [0.2, 0.25) is 15.8 Å². The molecule has 1 N–H and O–H groups in total. The van der Waals surface area contributed by atoms with E-state index in [1.807, 2.05) is 41.3 Å². The van der Waals surface area contributed by atoms with Crippen molar-refractivity contribution in [2.45, 2.75) is 9.79 Å². The van der Waals surface area contributed by atoms with Gasteiger partial charge in [-0.1, -0.05) is 36.4 Å². The smallest absolute Gasteiger partial charge is 0.232 e. The number of para-hydroxylation sites is 1. The van der Waals surface area contributed by atoms with Gasteiger partial charge in [-0.3, -0.25) is 9.36 Å². The number of allylic oxidation sites excluding steroid dienone is 1. The molecular weight excluding hydrogens is 518 g/mol. The number of aromatic nitrogens is 3. The molecule has 0 bridgehead atoms. The van der Waals surface area contributed by atoms with Gasteiger partial charge in [0.05, 0.1) is 28.7 Å². The molecule has 0 atom stereocenters. The Morgan fingerprint density at radius 2 is 1.62 bits per heavy atom. The first-order valence-electron chi connectivity index (χ1n) is 12.1. The molecule has 39 heavy (non-hydrogen) atoms. The summed E-state index contributed by atoms with van der Waals surface area (Å²) >= 11 is 0. The number of nitrogens with zero attached hydrogens (tertiary/aromatic N) is 5. The van der Waals surface area contributed by atoms with Crippen LogP contribution in [0, 0.1) is 11.3 Å². The molecule has 3 heterocycles. The van der Waals surface area contributed by atoms with Crippen molar-refractivity contribution >= 4 is 32.9 Å². The standard InChI is InChI=1S/C28H21N5O5S/c29-17-22(27-30-31-28(32-12-14-38-15-13-32)33(27)19-6-2-1-3-7-19)25(34)18-10-11-21-24(16-18)39(36,37)23-9-5-4-8-20(23)26(21)35/h1-11,16,34H,12-15H2/b25-22-. The molecule has 2 aliphatic rings. The number of morpholine rings is 1. The maximum Gasteiger partial charge on any atom is 0.232 e. The number of hydrogen-bond acceptors (Lipinski definition) is 9. The Morgan fingerprint density at radius 1 is 0.923 bits per heavy atom. The number of aliphatic hydroxyl groups excluding tert-OH is 1. The largest absolute Gasteiger partial charge is 0.506 e. The van der Waals surface area contributed by atoms with Crippen LogP contribution in [-0.4, -0.2) is 60.4 Å². The first kappa shape index (κ1) is 24.5. The van der Waals surface area contributed by atoms with Crippen molar-refractivity contribution in [1.82, 2.24) is 14.8 Å². The number of anilines is 1. The molecular formula is C28H21N5O5S. The van der Waals surface area contributed by atoms with E-state index in [1.165, 1.54) is 30.3 Å². The van der Waals surface area contributed by atoms with Crippen molar-refractivity contribution in [1.29, 1.82) is 5.26 Å². The van der Waals surface area contributed by atoms with Crippen LogP contribution in [0.1, 0.15) is 27.3 Å². The quantitative estimate of drug-likeness (QED) is 0.269. The molecule has 10 nitrogen and oxygen atoms in total.